The van der Waals surface area contributed by atoms with E-state index >= 15 is 0 Å². The van der Waals surface area contributed by atoms with E-state index in [0.29, 0.717) is 35.5 Å². The SMILES string of the molecule is Nc1nc(OCc2ccccc2)c2ncn(CC3CCCCC3CO)c2n1. The van der Waals surface area contributed by atoms with Crippen molar-refractivity contribution in [1.82, 2.24) is 19.5 Å². The largest absolute Gasteiger partial charge is 0.471 e. The van der Waals surface area contributed by atoms with Crippen LogP contribution in [0.15, 0.2) is 36.7 Å². The van der Waals surface area contributed by atoms with Gasteiger partial charge in [-0.2, -0.15) is 9.97 Å². The quantitative estimate of drug-likeness (QED) is 0.695. The number of aliphatic hydroxyl groups is 1. The van der Waals surface area contributed by atoms with E-state index in [1.807, 2.05) is 34.9 Å². The topological polar surface area (TPSA) is 99.1 Å². The van der Waals surface area contributed by atoms with Crippen LogP contribution < -0.4 is 10.5 Å². The Bertz CT molecular complexity index is 896. The minimum Gasteiger partial charge on any atom is -0.471 e. The molecular weight excluding hydrogens is 342 g/mol. The maximum atomic E-state index is 9.68. The highest BCUT2D eigenvalue weighted by atomic mass is 16.5. The van der Waals surface area contributed by atoms with Crippen molar-refractivity contribution in [2.24, 2.45) is 11.8 Å². The summed E-state index contributed by atoms with van der Waals surface area (Å²) in [6.45, 7) is 1.41. The van der Waals surface area contributed by atoms with Crippen LogP contribution in [0, 0.1) is 11.8 Å². The summed E-state index contributed by atoms with van der Waals surface area (Å²) in [4.78, 5) is 13.1. The lowest BCUT2D eigenvalue weighted by atomic mass is 9.79. The van der Waals surface area contributed by atoms with Gasteiger partial charge >= 0.3 is 0 Å². The molecule has 1 saturated carbocycles. The average Bonchev–Trinajstić information content (AvgIpc) is 3.10. The summed E-state index contributed by atoms with van der Waals surface area (Å²) >= 11 is 0. The van der Waals surface area contributed by atoms with Crippen LogP contribution in [0.1, 0.15) is 31.2 Å². The second kappa shape index (κ2) is 7.92. The predicted octanol–water partition coefficient (Wildman–Crippen LogP) is 2.79. The maximum absolute atomic E-state index is 9.68. The van der Waals surface area contributed by atoms with E-state index in [9.17, 15) is 5.11 Å². The molecule has 2 unspecified atom stereocenters. The van der Waals surface area contributed by atoms with Crippen molar-refractivity contribution in [2.75, 3.05) is 12.3 Å². The van der Waals surface area contributed by atoms with Crippen LogP contribution in [0.2, 0.25) is 0 Å². The third kappa shape index (κ3) is 3.88. The molecule has 142 valence electrons. The minimum atomic E-state index is 0.176. The van der Waals surface area contributed by atoms with Crippen LogP contribution >= 0.6 is 0 Å². The van der Waals surface area contributed by atoms with Crippen molar-refractivity contribution < 1.29 is 9.84 Å². The fraction of sp³-hybridized carbons (Fsp3) is 0.450. The molecule has 1 aliphatic rings. The van der Waals surface area contributed by atoms with Gasteiger partial charge in [0.1, 0.15) is 6.61 Å². The standard InChI is InChI=1S/C20H25N5O2/c21-20-23-18-17(19(24-20)27-12-14-6-2-1-3-7-14)22-13-25(18)10-15-8-4-5-9-16(15)11-26/h1-3,6-7,13,15-16,26H,4-5,8-12H2,(H2,21,23,24). The molecule has 0 radical (unpaired) electrons. The molecule has 2 atom stereocenters. The number of benzene rings is 1. The summed E-state index contributed by atoms with van der Waals surface area (Å²) in [5, 5.41) is 9.68. The molecule has 7 nitrogen and oxygen atoms in total. The fourth-order valence-corrected chi connectivity index (χ4v) is 3.91. The summed E-state index contributed by atoms with van der Waals surface area (Å²) in [5.41, 5.74) is 8.29. The molecule has 1 fully saturated rings. The van der Waals surface area contributed by atoms with Gasteiger partial charge in [0.25, 0.3) is 0 Å². The molecule has 0 saturated heterocycles. The lowest BCUT2D eigenvalue weighted by Crippen LogP contribution is -2.26. The fourth-order valence-electron chi connectivity index (χ4n) is 3.91. The normalized spacial score (nSPS) is 20.0. The van der Waals surface area contributed by atoms with Gasteiger partial charge in [-0.15, -0.1) is 0 Å². The van der Waals surface area contributed by atoms with Crippen molar-refractivity contribution in [3.63, 3.8) is 0 Å². The van der Waals surface area contributed by atoms with Crippen molar-refractivity contribution in [3.8, 4) is 5.88 Å². The van der Waals surface area contributed by atoms with E-state index in [1.54, 1.807) is 6.33 Å². The number of nitrogens with zero attached hydrogens (tertiary/aromatic N) is 4. The first-order valence-corrected chi connectivity index (χ1v) is 9.50. The van der Waals surface area contributed by atoms with Crippen molar-refractivity contribution in [2.45, 2.75) is 38.8 Å². The summed E-state index contributed by atoms with van der Waals surface area (Å²) in [6, 6.07) is 9.91. The van der Waals surface area contributed by atoms with E-state index in [4.69, 9.17) is 10.5 Å². The average molecular weight is 367 g/mol. The molecule has 0 spiro atoms. The lowest BCUT2D eigenvalue weighted by Gasteiger charge is -2.30. The Morgan fingerprint density at radius 1 is 1.11 bits per heavy atom. The molecule has 2 aromatic heterocycles. The van der Waals surface area contributed by atoms with Crippen molar-refractivity contribution in [1.29, 1.82) is 0 Å². The van der Waals surface area contributed by atoms with Gasteiger partial charge in [0.15, 0.2) is 11.2 Å². The maximum Gasteiger partial charge on any atom is 0.247 e. The zero-order valence-corrected chi connectivity index (χ0v) is 15.3. The van der Waals surface area contributed by atoms with Crippen LogP contribution in [-0.4, -0.2) is 31.2 Å². The number of nitrogens with two attached hydrogens (primary N) is 1. The van der Waals surface area contributed by atoms with Gasteiger partial charge in [0.05, 0.1) is 6.33 Å². The van der Waals surface area contributed by atoms with E-state index in [2.05, 4.69) is 15.0 Å². The van der Waals surface area contributed by atoms with Crippen LogP contribution in [0.25, 0.3) is 11.2 Å². The Morgan fingerprint density at radius 3 is 2.67 bits per heavy atom. The third-order valence-electron chi connectivity index (χ3n) is 5.40. The van der Waals surface area contributed by atoms with Crippen molar-refractivity contribution >= 4 is 17.1 Å². The molecule has 0 bridgehead atoms. The third-order valence-corrected chi connectivity index (χ3v) is 5.40. The second-order valence-corrected chi connectivity index (χ2v) is 7.22. The summed E-state index contributed by atoms with van der Waals surface area (Å²) in [5.74, 6) is 1.34. The highest BCUT2D eigenvalue weighted by molar-refractivity contribution is 5.77. The molecule has 3 aromatic rings. The molecule has 3 N–H and O–H groups in total. The zero-order valence-electron chi connectivity index (χ0n) is 15.3. The molecule has 1 aromatic carbocycles. The summed E-state index contributed by atoms with van der Waals surface area (Å²) < 4.78 is 7.90. The number of hydrogen-bond donors (Lipinski definition) is 2. The molecule has 27 heavy (non-hydrogen) atoms. The first-order chi connectivity index (χ1) is 13.2. The number of aromatic nitrogens is 4. The molecule has 7 heteroatoms. The molecule has 0 aliphatic heterocycles. The molecule has 0 amide bonds. The number of imidazole rings is 1. The first-order valence-electron chi connectivity index (χ1n) is 9.50. The minimum absolute atomic E-state index is 0.176. The molecule has 4 rings (SSSR count). The second-order valence-electron chi connectivity index (χ2n) is 7.22. The molecule has 2 heterocycles. The number of rotatable bonds is 6. The zero-order chi connectivity index (χ0) is 18.6. The van der Waals surface area contributed by atoms with Gasteiger partial charge < -0.3 is 20.1 Å². The van der Waals surface area contributed by atoms with Gasteiger partial charge in [-0.3, -0.25) is 0 Å². The Balaban J connectivity index is 1.58. The number of ether oxygens (including phenoxy) is 1. The van der Waals surface area contributed by atoms with E-state index in [0.717, 1.165) is 24.9 Å². The van der Waals surface area contributed by atoms with Gasteiger partial charge in [0.2, 0.25) is 11.8 Å². The van der Waals surface area contributed by atoms with E-state index in [-0.39, 0.29) is 12.6 Å². The molecule has 1 aliphatic carbocycles. The Kier molecular flexibility index (Phi) is 5.20. The summed E-state index contributed by atoms with van der Waals surface area (Å²) in [7, 11) is 0. The van der Waals surface area contributed by atoms with Crippen molar-refractivity contribution in [3.05, 3.63) is 42.2 Å². The van der Waals surface area contributed by atoms with Gasteiger partial charge in [0, 0.05) is 13.2 Å². The number of nitrogen functional groups attached to an aromatic ring is 1. The monoisotopic (exact) mass is 367 g/mol. The number of hydrogen-bond acceptors (Lipinski definition) is 6. The van der Waals surface area contributed by atoms with Crippen LogP contribution in [0.5, 0.6) is 5.88 Å². The summed E-state index contributed by atoms with van der Waals surface area (Å²) in [6.07, 6.45) is 6.37. The smallest absolute Gasteiger partial charge is 0.247 e. The van der Waals surface area contributed by atoms with Crippen LogP contribution in [-0.2, 0) is 13.2 Å². The number of aliphatic hydroxyl groups excluding tert-OH is 1. The Morgan fingerprint density at radius 2 is 1.89 bits per heavy atom. The van der Waals surface area contributed by atoms with E-state index < -0.39 is 0 Å². The Hall–Kier alpha value is -2.67. The first kappa shape index (κ1) is 17.7. The van der Waals surface area contributed by atoms with E-state index in [1.165, 1.54) is 12.8 Å². The van der Waals surface area contributed by atoms with Gasteiger partial charge in [-0.05, 0) is 30.2 Å². The van der Waals surface area contributed by atoms with Crippen LogP contribution in [0.4, 0.5) is 5.95 Å². The highest BCUT2D eigenvalue weighted by Gasteiger charge is 2.26. The molecular formula is C20H25N5O2. The number of fused-ring (bicyclic) bond motifs is 1. The predicted molar refractivity (Wildman–Crippen MR) is 103 cm³/mol. The Labute approximate surface area is 158 Å². The van der Waals surface area contributed by atoms with Gasteiger partial charge in [-0.1, -0.05) is 43.2 Å². The van der Waals surface area contributed by atoms with Gasteiger partial charge in [-0.25, -0.2) is 4.98 Å². The van der Waals surface area contributed by atoms with Crippen LogP contribution in [0.3, 0.4) is 0 Å². The number of anilines is 1. The highest BCUT2D eigenvalue weighted by Crippen LogP contribution is 2.32. The lowest BCUT2D eigenvalue weighted by molar-refractivity contribution is 0.124.